The van der Waals surface area contributed by atoms with E-state index >= 15 is 0 Å². The Morgan fingerprint density at radius 3 is 2.51 bits per heavy atom. The van der Waals surface area contributed by atoms with Crippen LogP contribution in [-0.2, 0) is 16.1 Å². The minimum Gasteiger partial charge on any atom is -0.497 e. The zero-order chi connectivity index (χ0) is 30.8. The first kappa shape index (κ1) is 32.8. The molecular formula is C35H46BrN3O4. The van der Waals surface area contributed by atoms with Crippen molar-refractivity contribution in [1.29, 1.82) is 0 Å². The van der Waals surface area contributed by atoms with Crippen LogP contribution >= 0.6 is 15.9 Å². The fourth-order valence-corrected chi connectivity index (χ4v) is 6.38. The summed E-state index contributed by atoms with van der Waals surface area (Å²) in [5.41, 5.74) is 9.66. The third-order valence-electron chi connectivity index (χ3n) is 8.62. The molecule has 3 N–H and O–H groups in total. The highest BCUT2D eigenvalue weighted by Gasteiger charge is 2.22. The highest BCUT2D eigenvalue weighted by molar-refractivity contribution is 9.10. The van der Waals surface area contributed by atoms with E-state index in [1.165, 1.54) is 32.1 Å². The molecule has 0 saturated heterocycles. The number of halogens is 1. The SMILES string of the molecule is CCN(Cc1cc(C(=O)NCCCCCOC(=O)C(C)c2ccc3cc(OC)ccc3c2)cc(Br)c1N)C1CCCCC1. The lowest BCUT2D eigenvalue weighted by Crippen LogP contribution is -2.36. The smallest absolute Gasteiger partial charge is 0.313 e. The van der Waals surface area contributed by atoms with Gasteiger partial charge in [0.05, 0.1) is 25.3 Å². The Bertz CT molecular complexity index is 1390. The Labute approximate surface area is 264 Å². The minimum atomic E-state index is -0.345. The van der Waals surface area contributed by atoms with E-state index in [2.05, 4.69) is 33.1 Å². The van der Waals surface area contributed by atoms with Gasteiger partial charge in [0.1, 0.15) is 5.75 Å². The molecule has 43 heavy (non-hydrogen) atoms. The summed E-state index contributed by atoms with van der Waals surface area (Å²) in [6, 6.07) is 16.2. The van der Waals surface area contributed by atoms with Gasteiger partial charge in [0.25, 0.3) is 5.91 Å². The number of methoxy groups -OCH3 is 1. The van der Waals surface area contributed by atoms with Gasteiger partial charge in [0.15, 0.2) is 0 Å². The molecule has 232 valence electrons. The monoisotopic (exact) mass is 651 g/mol. The number of esters is 1. The maximum Gasteiger partial charge on any atom is 0.313 e. The van der Waals surface area contributed by atoms with Crippen molar-refractivity contribution in [1.82, 2.24) is 10.2 Å². The second-order valence-electron chi connectivity index (χ2n) is 11.6. The Morgan fingerprint density at radius 1 is 1.02 bits per heavy atom. The third-order valence-corrected chi connectivity index (χ3v) is 9.28. The molecule has 1 aliphatic carbocycles. The summed E-state index contributed by atoms with van der Waals surface area (Å²) in [7, 11) is 1.65. The number of amides is 1. The number of nitrogens with one attached hydrogen (secondary N) is 1. The van der Waals surface area contributed by atoms with Crippen LogP contribution in [0.5, 0.6) is 5.75 Å². The molecule has 0 spiro atoms. The number of benzene rings is 3. The largest absolute Gasteiger partial charge is 0.497 e. The molecule has 1 amide bonds. The van der Waals surface area contributed by atoms with Crippen molar-refractivity contribution >= 4 is 44.3 Å². The molecule has 1 fully saturated rings. The van der Waals surface area contributed by atoms with Gasteiger partial charge in [-0.25, -0.2) is 0 Å². The number of ether oxygens (including phenoxy) is 2. The average Bonchev–Trinajstić information content (AvgIpc) is 3.04. The lowest BCUT2D eigenvalue weighted by atomic mass is 9.93. The van der Waals surface area contributed by atoms with Crippen LogP contribution < -0.4 is 15.8 Å². The normalized spacial score (nSPS) is 14.5. The molecule has 7 nitrogen and oxygen atoms in total. The predicted molar refractivity (Wildman–Crippen MR) is 178 cm³/mol. The van der Waals surface area contributed by atoms with Crippen LogP contribution in [0.15, 0.2) is 53.0 Å². The summed E-state index contributed by atoms with van der Waals surface area (Å²) in [4.78, 5) is 28.1. The summed E-state index contributed by atoms with van der Waals surface area (Å²) in [6.07, 6.45) is 8.76. The van der Waals surface area contributed by atoms with Gasteiger partial charge in [-0.1, -0.05) is 50.5 Å². The molecule has 0 aliphatic heterocycles. The van der Waals surface area contributed by atoms with Gasteiger partial charge in [-0.3, -0.25) is 14.5 Å². The molecule has 1 aliphatic rings. The number of anilines is 1. The molecule has 4 rings (SSSR count). The van der Waals surface area contributed by atoms with Crippen molar-refractivity contribution in [3.8, 4) is 5.75 Å². The lowest BCUT2D eigenvalue weighted by molar-refractivity contribution is -0.145. The molecule has 0 bridgehead atoms. The maximum atomic E-state index is 13.0. The quantitative estimate of drug-likeness (QED) is 0.106. The van der Waals surface area contributed by atoms with Gasteiger partial charge in [-0.15, -0.1) is 0 Å². The summed E-state index contributed by atoms with van der Waals surface area (Å²) < 4.78 is 11.6. The summed E-state index contributed by atoms with van der Waals surface area (Å²) in [6.45, 7) is 6.71. The minimum absolute atomic E-state index is 0.100. The van der Waals surface area contributed by atoms with Crippen molar-refractivity contribution in [3.63, 3.8) is 0 Å². The number of hydrogen-bond donors (Lipinski definition) is 2. The van der Waals surface area contributed by atoms with E-state index < -0.39 is 0 Å². The van der Waals surface area contributed by atoms with Gasteiger partial charge >= 0.3 is 5.97 Å². The van der Waals surface area contributed by atoms with Crippen molar-refractivity contribution in [2.24, 2.45) is 0 Å². The Hall–Kier alpha value is -3.10. The highest BCUT2D eigenvalue weighted by atomic mass is 79.9. The number of nitrogens with zero attached hydrogens (tertiary/aromatic N) is 1. The van der Waals surface area contributed by atoms with Crippen LogP contribution in [0.25, 0.3) is 10.8 Å². The number of hydrogen-bond acceptors (Lipinski definition) is 6. The fraction of sp³-hybridized carbons (Fsp3) is 0.486. The zero-order valence-corrected chi connectivity index (χ0v) is 27.4. The number of carbonyl (C=O) groups excluding carboxylic acids is 2. The van der Waals surface area contributed by atoms with Crippen LogP contribution in [-0.4, -0.2) is 49.6 Å². The fourth-order valence-electron chi connectivity index (χ4n) is 5.88. The molecule has 8 heteroatoms. The van der Waals surface area contributed by atoms with Gasteiger partial charge in [-0.05, 0) is 108 Å². The standard InChI is InChI=1S/C35H46BrN3O4/c1-4-39(30-11-7-5-8-12-30)23-29-20-28(22-32(36)33(29)37)34(40)38-17-9-6-10-18-43-35(41)24(2)25-13-14-27-21-31(42-3)16-15-26(27)19-25/h13-16,19-22,24,30H,4-12,17-18,23,37H2,1-3H3,(H,38,40). The van der Waals surface area contributed by atoms with E-state index in [0.29, 0.717) is 30.4 Å². The maximum absolute atomic E-state index is 13.0. The highest BCUT2D eigenvalue weighted by Crippen LogP contribution is 2.30. The third kappa shape index (κ3) is 8.96. The van der Waals surface area contributed by atoms with E-state index in [0.717, 1.165) is 64.5 Å². The van der Waals surface area contributed by atoms with Crippen molar-refractivity contribution in [2.45, 2.75) is 83.7 Å². The molecule has 1 saturated carbocycles. The predicted octanol–water partition coefficient (Wildman–Crippen LogP) is 7.59. The van der Waals surface area contributed by atoms with Crippen molar-refractivity contribution in [3.05, 3.63) is 69.7 Å². The Kier molecular flexibility index (Phi) is 12.3. The topological polar surface area (TPSA) is 93.9 Å². The number of fused-ring (bicyclic) bond motifs is 1. The van der Waals surface area contributed by atoms with E-state index in [-0.39, 0.29) is 17.8 Å². The second-order valence-corrected chi connectivity index (χ2v) is 12.4. The Balaban J connectivity index is 1.18. The molecule has 3 aromatic rings. The molecule has 1 atom stereocenters. The first-order valence-electron chi connectivity index (χ1n) is 15.6. The van der Waals surface area contributed by atoms with E-state index in [1.807, 2.05) is 49.4 Å². The first-order valence-corrected chi connectivity index (χ1v) is 16.4. The molecule has 0 radical (unpaired) electrons. The summed E-state index contributed by atoms with van der Waals surface area (Å²) >= 11 is 3.57. The van der Waals surface area contributed by atoms with E-state index in [9.17, 15) is 9.59 Å². The number of rotatable bonds is 14. The van der Waals surface area contributed by atoms with Crippen molar-refractivity contribution in [2.75, 3.05) is 32.5 Å². The lowest BCUT2D eigenvalue weighted by Gasteiger charge is -2.34. The molecule has 1 unspecified atom stereocenters. The Morgan fingerprint density at radius 2 is 1.77 bits per heavy atom. The molecular weight excluding hydrogens is 606 g/mol. The molecule has 3 aromatic carbocycles. The zero-order valence-electron chi connectivity index (χ0n) is 25.8. The first-order chi connectivity index (χ1) is 20.8. The van der Waals surface area contributed by atoms with Crippen LogP contribution in [0.3, 0.4) is 0 Å². The van der Waals surface area contributed by atoms with Crippen molar-refractivity contribution < 1.29 is 19.1 Å². The number of carbonyl (C=O) groups is 2. The number of nitrogens with two attached hydrogens (primary N) is 1. The molecule has 0 aromatic heterocycles. The second kappa shape index (κ2) is 16.1. The van der Waals surface area contributed by atoms with E-state index in [1.54, 1.807) is 13.2 Å². The van der Waals surface area contributed by atoms with Crippen LogP contribution in [0.2, 0.25) is 0 Å². The average molecular weight is 653 g/mol. The van der Waals surface area contributed by atoms with Crippen LogP contribution in [0.4, 0.5) is 5.69 Å². The van der Waals surface area contributed by atoms with Gasteiger partial charge in [0.2, 0.25) is 0 Å². The van der Waals surface area contributed by atoms with Gasteiger partial charge in [0, 0.05) is 29.2 Å². The van der Waals surface area contributed by atoms with Gasteiger partial charge < -0.3 is 20.5 Å². The summed E-state index contributed by atoms with van der Waals surface area (Å²) in [5.74, 6) is 0.137. The van der Waals surface area contributed by atoms with Crippen LogP contribution in [0, 0.1) is 0 Å². The van der Waals surface area contributed by atoms with Gasteiger partial charge in [-0.2, -0.15) is 0 Å². The molecule has 0 heterocycles. The summed E-state index contributed by atoms with van der Waals surface area (Å²) in [5, 5.41) is 5.16. The number of nitrogen functional groups attached to an aromatic ring is 1. The van der Waals surface area contributed by atoms with Crippen LogP contribution in [0.1, 0.15) is 92.6 Å². The number of unbranched alkanes of at least 4 members (excludes halogenated alkanes) is 2. The van der Waals surface area contributed by atoms with E-state index in [4.69, 9.17) is 15.2 Å².